The van der Waals surface area contributed by atoms with E-state index in [-0.39, 0.29) is 19.1 Å². The second-order valence-electron chi connectivity index (χ2n) is 6.21. The van der Waals surface area contributed by atoms with Gasteiger partial charge in [-0.1, -0.05) is 29.3 Å². The molecule has 1 aromatic carbocycles. The van der Waals surface area contributed by atoms with Gasteiger partial charge in [-0.3, -0.25) is 5.32 Å². The van der Waals surface area contributed by atoms with Gasteiger partial charge in [0.1, 0.15) is 6.17 Å². The first-order chi connectivity index (χ1) is 12.4. The van der Waals surface area contributed by atoms with Crippen LogP contribution in [0.4, 0.5) is 14.0 Å². The van der Waals surface area contributed by atoms with E-state index in [1.54, 1.807) is 18.2 Å². The number of rotatable bonds is 4. The molecule has 0 aliphatic carbocycles. The molecular weight excluding hydrogens is 386 g/mol. The van der Waals surface area contributed by atoms with E-state index in [9.17, 15) is 14.0 Å². The number of nitrogens with zero attached hydrogens (tertiary/aromatic N) is 1. The van der Waals surface area contributed by atoms with E-state index < -0.39 is 30.6 Å². The fourth-order valence-electron chi connectivity index (χ4n) is 3.01. The Morgan fingerprint density at radius 3 is 2.58 bits per heavy atom. The Morgan fingerprint density at radius 1 is 1.27 bits per heavy atom. The molecule has 4 amide bonds. The molecule has 26 heavy (non-hydrogen) atoms. The fourth-order valence-corrected chi connectivity index (χ4v) is 3.32. The van der Waals surface area contributed by atoms with Gasteiger partial charge in [0, 0.05) is 12.6 Å². The van der Waals surface area contributed by atoms with Crippen LogP contribution in [0.2, 0.25) is 10.0 Å². The minimum atomic E-state index is -1.40. The molecule has 7 nitrogen and oxygen atoms in total. The van der Waals surface area contributed by atoms with E-state index in [2.05, 4.69) is 16.0 Å². The molecule has 2 fully saturated rings. The van der Waals surface area contributed by atoms with Crippen LogP contribution in [0.3, 0.4) is 0 Å². The molecule has 0 spiro atoms. The van der Waals surface area contributed by atoms with Gasteiger partial charge in [0.2, 0.25) is 0 Å². The van der Waals surface area contributed by atoms with Crippen molar-refractivity contribution in [3.63, 3.8) is 0 Å². The number of hydrogen-bond donors (Lipinski definition) is 3. The maximum Gasteiger partial charge on any atom is 0.328 e. The largest absolute Gasteiger partial charge is 0.378 e. The molecule has 3 N–H and O–H groups in total. The van der Waals surface area contributed by atoms with Gasteiger partial charge >= 0.3 is 12.1 Å². The number of carbonyl (C=O) groups excluding carboxylic acids is 2. The molecule has 2 heterocycles. The molecule has 2 aliphatic heterocycles. The molecule has 2 saturated heterocycles. The monoisotopic (exact) mass is 404 g/mol. The summed E-state index contributed by atoms with van der Waals surface area (Å²) in [6.45, 7) is 2.02. The molecule has 0 unspecified atom stereocenters. The molecule has 0 bridgehead atoms. The summed E-state index contributed by atoms with van der Waals surface area (Å²) in [6.07, 6.45) is -1.94. The predicted molar refractivity (Wildman–Crippen MR) is 94.8 cm³/mol. The van der Waals surface area contributed by atoms with Gasteiger partial charge in [-0.25, -0.2) is 18.9 Å². The van der Waals surface area contributed by atoms with Crippen molar-refractivity contribution < 1.29 is 18.7 Å². The summed E-state index contributed by atoms with van der Waals surface area (Å²) >= 11 is 11.9. The molecule has 142 valence electrons. The van der Waals surface area contributed by atoms with Crippen molar-refractivity contribution in [2.24, 2.45) is 0 Å². The summed E-state index contributed by atoms with van der Waals surface area (Å²) < 4.78 is 19.0. The Bertz CT molecular complexity index is 690. The standard InChI is InChI=1S/C16H19Cl2FN4O3/c1-8(9-2-3-10(17)11(18)6-9)20-14-21-15(24)23(16(25)22-14)13-4-5-26-7-12(13)19/h2-3,6,8,12-14,20H,4-5,7H2,1H3,(H,21,24)(H,22,25)/t8-,12+,13-/m0/s1. The van der Waals surface area contributed by atoms with Crippen molar-refractivity contribution >= 4 is 35.3 Å². The highest BCUT2D eigenvalue weighted by atomic mass is 35.5. The molecule has 10 heteroatoms. The Hall–Kier alpha value is -1.61. The van der Waals surface area contributed by atoms with Gasteiger partial charge in [0.15, 0.2) is 6.29 Å². The van der Waals surface area contributed by atoms with Crippen molar-refractivity contribution in [2.75, 3.05) is 13.2 Å². The van der Waals surface area contributed by atoms with E-state index in [1.807, 2.05) is 6.92 Å². The van der Waals surface area contributed by atoms with Gasteiger partial charge < -0.3 is 15.4 Å². The molecular formula is C16H19Cl2FN4O3. The quantitative estimate of drug-likeness (QED) is 0.720. The topological polar surface area (TPSA) is 82.7 Å². The second-order valence-corrected chi connectivity index (χ2v) is 7.03. The van der Waals surface area contributed by atoms with Crippen LogP contribution in [-0.2, 0) is 4.74 Å². The summed E-state index contributed by atoms with van der Waals surface area (Å²) in [7, 11) is 0. The SMILES string of the molecule is C[C@H](NC1NC(=O)N([C@H]2CCOC[C@H]2F)C(=O)N1)c1ccc(Cl)c(Cl)c1. The van der Waals surface area contributed by atoms with Crippen LogP contribution >= 0.6 is 23.2 Å². The van der Waals surface area contributed by atoms with Crippen LogP contribution < -0.4 is 16.0 Å². The molecule has 0 saturated carbocycles. The van der Waals surface area contributed by atoms with Crippen molar-refractivity contribution in [1.29, 1.82) is 0 Å². The minimum Gasteiger partial charge on any atom is -0.378 e. The summed E-state index contributed by atoms with van der Waals surface area (Å²) in [6, 6.07) is 2.79. The Morgan fingerprint density at radius 2 is 1.96 bits per heavy atom. The highest BCUT2D eigenvalue weighted by molar-refractivity contribution is 6.42. The number of benzene rings is 1. The van der Waals surface area contributed by atoms with Crippen LogP contribution in [0.1, 0.15) is 24.9 Å². The van der Waals surface area contributed by atoms with E-state index in [0.717, 1.165) is 10.5 Å². The Kier molecular flexibility index (Phi) is 5.86. The number of alkyl halides is 1. The highest BCUT2D eigenvalue weighted by Gasteiger charge is 2.41. The summed E-state index contributed by atoms with van der Waals surface area (Å²) in [5.41, 5.74) is 0.832. The van der Waals surface area contributed by atoms with E-state index in [4.69, 9.17) is 27.9 Å². The second kappa shape index (κ2) is 7.96. The highest BCUT2D eigenvalue weighted by Crippen LogP contribution is 2.26. The zero-order chi connectivity index (χ0) is 18.8. The van der Waals surface area contributed by atoms with Crippen LogP contribution in [0, 0.1) is 0 Å². The first-order valence-electron chi connectivity index (χ1n) is 8.20. The lowest BCUT2D eigenvalue weighted by Gasteiger charge is -2.40. The van der Waals surface area contributed by atoms with E-state index in [0.29, 0.717) is 16.7 Å². The fraction of sp³-hybridized carbons (Fsp3) is 0.500. The molecule has 3 atom stereocenters. The maximum atomic E-state index is 14.0. The number of amides is 4. The number of halogens is 3. The first-order valence-corrected chi connectivity index (χ1v) is 8.95. The Balaban J connectivity index is 1.64. The van der Waals surface area contributed by atoms with Crippen LogP contribution in [0.5, 0.6) is 0 Å². The third-order valence-electron chi connectivity index (χ3n) is 4.42. The summed E-state index contributed by atoms with van der Waals surface area (Å²) in [4.78, 5) is 25.6. The van der Waals surface area contributed by atoms with Crippen molar-refractivity contribution in [1.82, 2.24) is 20.9 Å². The third-order valence-corrected chi connectivity index (χ3v) is 5.16. The third kappa shape index (κ3) is 4.03. The average molecular weight is 405 g/mol. The van der Waals surface area contributed by atoms with Crippen LogP contribution in [-0.4, -0.2) is 48.7 Å². The predicted octanol–water partition coefficient (Wildman–Crippen LogP) is 2.79. The minimum absolute atomic E-state index is 0.127. The lowest BCUT2D eigenvalue weighted by Crippen LogP contribution is -2.71. The molecule has 1 aromatic rings. The van der Waals surface area contributed by atoms with Gasteiger partial charge in [0.05, 0.1) is 22.7 Å². The van der Waals surface area contributed by atoms with Crippen LogP contribution in [0.15, 0.2) is 18.2 Å². The van der Waals surface area contributed by atoms with Gasteiger partial charge in [-0.2, -0.15) is 0 Å². The number of ether oxygens (including phenoxy) is 1. The molecule has 3 rings (SSSR count). The zero-order valence-electron chi connectivity index (χ0n) is 14.0. The van der Waals surface area contributed by atoms with E-state index >= 15 is 0 Å². The molecule has 2 aliphatic rings. The number of imide groups is 1. The summed E-state index contributed by atoms with van der Waals surface area (Å²) in [5, 5.41) is 9.16. The molecule has 0 radical (unpaired) electrons. The first kappa shape index (κ1) is 19.2. The maximum absolute atomic E-state index is 14.0. The number of carbonyl (C=O) groups is 2. The lowest BCUT2D eigenvalue weighted by molar-refractivity contribution is -0.0102. The van der Waals surface area contributed by atoms with E-state index in [1.165, 1.54) is 0 Å². The van der Waals surface area contributed by atoms with Crippen molar-refractivity contribution in [2.45, 2.75) is 37.9 Å². The molecule has 0 aromatic heterocycles. The van der Waals surface area contributed by atoms with Gasteiger partial charge in [-0.05, 0) is 31.0 Å². The van der Waals surface area contributed by atoms with Gasteiger partial charge in [0.25, 0.3) is 0 Å². The normalized spacial score (nSPS) is 25.6. The number of nitrogens with one attached hydrogen (secondary N) is 3. The smallest absolute Gasteiger partial charge is 0.328 e. The van der Waals surface area contributed by atoms with Crippen molar-refractivity contribution in [3.05, 3.63) is 33.8 Å². The number of urea groups is 2. The number of hydrogen-bond acceptors (Lipinski definition) is 4. The van der Waals surface area contributed by atoms with Gasteiger partial charge in [-0.15, -0.1) is 0 Å². The zero-order valence-corrected chi connectivity index (χ0v) is 15.5. The van der Waals surface area contributed by atoms with Crippen LogP contribution in [0.25, 0.3) is 0 Å². The summed E-state index contributed by atoms with van der Waals surface area (Å²) in [5.74, 6) is 0. The lowest BCUT2D eigenvalue weighted by atomic mass is 10.1. The average Bonchev–Trinajstić information content (AvgIpc) is 2.58. The Labute approximate surface area is 160 Å². The van der Waals surface area contributed by atoms with Crippen molar-refractivity contribution in [3.8, 4) is 0 Å².